The number of thiocarbonyl (C=S) groups is 3. The van der Waals surface area contributed by atoms with E-state index in [1.165, 1.54) is 0 Å². The lowest BCUT2D eigenvalue weighted by atomic mass is 10.1. The molecular formula is C12H11N5S3. The van der Waals surface area contributed by atoms with Gasteiger partial charge in [-0.3, -0.25) is 0 Å². The lowest BCUT2D eigenvalue weighted by Crippen LogP contribution is -2.18. The first kappa shape index (κ1) is 14.5. The van der Waals surface area contributed by atoms with Crippen molar-refractivity contribution in [1.29, 1.82) is 0 Å². The molecule has 1 aromatic carbocycles. The maximum absolute atomic E-state index is 5.62. The van der Waals surface area contributed by atoms with Crippen LogP contribution in [0.4, 0.5) is 0 Å². The number of H-pyrrole nitrogens is 1. The topological polar surface area (TPSA) is 107 Å². The second-order valence-corrected chi connectivity index (χ2v) is 5.30. The van der Waals surface area contributed by atoms with Gasteiger partial charge in [0, 0.05) is 11.1 Å². The van der Waals surface area contributed by atoms with Crippen LogP contribution in [0.2, 0.25) is 0 Å². The smallest absolute Gasteiger partial charge is 0.138 e. The van der Waals surface area contributed by atoms with Crippen LogP contribution in [0.15, 0.2) is 24.3 Å². The Morgan fingerprint density at radius 2 is 1.50 bits per heavy atom. The maximum Gasteiger partial charge on any atom is 0.138 e. The SMILES string of the molecule is NC(=S)c1ccc(-c2nc(C(N)=S)c(C(N)=S)[nH]2)cc1. The highest BCUT2D eigenvalue weighted by atomic mass is 32.1. The van der Waals surface area contributed by atoms with Crippen LogP contribution in [0.5, 0.6) is 0 Å². The number of nitrogens with one attached hydrogen (secondary N) is 1. The van der Waals surface area contributed by atoms with Gasteiger partial charge in [-0.25, -0.2) is 4.98 Å². The fourth-order valence-electron chi connectivity index (χ4n) is 1.66. The zero-order chi connectivity index (χ0) is 14.9. The van der Waals surface area contributed by atoms with Gasteiger partial charge in [-0.05, 0) is 0 Å². The van der Waals surface area contributed by atoms with Crippen LogP contribution < -0.4 is 17.2 Å². The van der Waals surface area contributed by atoms with Gasteiger partial charge in [-0.1, -0.05) is 60.9 Å². The van der Waals surface area contributed by atoms with Crippen LogP contribution in [0.3, 0.4) is 0 Å². The fraction of sp³-hybridized carbons (Fsp3) is 0. The van der Waals surface area contributed by atoms with Crippen molar-refractivity contribution in [3.63, 3.8) is 0 Å². The summed E-state index contributed by atoms with van der Waals surface area (Å²) in [7, 11) is 0. The predicted octanol–water partition coefficient (Wildman–Crippen LogP) is 0.979. The number of imidazole rings is 1. The molecular weight excluding hydrogens is 310 g/mol. The monoisotopic (exact) mass is 321 g/mol. The van der Waals surface area contributed by atoms with Crippen LogP contribution in [-0.4, -0.2) is 24.9 Å². The second kappa shape index (κ2) is 5.61. The summed E-state index contributed by atoms with van der Waals surface area (Å²) in [5, 5.41) is 0. The molecule has 0 aliphatic carbocycles. The molecule has 0 aliphatic heterocycles. The van der Waals surface area contributed by atoms with Gasteiger partial charge in [-0.2, -0.15) is 0 Å². The summed E-state index contributed by atoms with van der Waals surface area (Å²) >= 11 is 14.8. The molecule has 0 atom stereocenters. The molecule has 2 aromatic rings. The molecule has 2 rings (SSSR count). The molecule has 0 saturated carbocycles. The van der Waals surface area contributed by atoms with E-state index in [0.29, 0.717) is 22.2 Å². The Morgan fingerprint density at radius 3 is 1.90 bits per heavy atom. The zero-order valence-corrected chi connectivity index (χ0v) is 12.7. The maximum atomic E-state index is 5.62. The first-order valence-electron chi connectivity index (χ1n) is 5.50. The van der Waals surface area contributed by atoms with Crippen LogP contribution in [0.1, 0.15) is 17.0 Å². The van der Waals surface area contributed by atoms with E-state index in [9.17, 15) is 0 Å². The first-order chi connectivity index (χ1) is 9.40. The van der Waals surface area contributed by atoms with Crippen molar-refractivity contribution in [3.8, 4) is 11.4 Å². The van der Waals surface area contributed by atoms with Crippen molar-refractivity contribution in [2.45, 2.75) is 0 Å². The third kappa shape index (κ3) is 2.82. The van der Waals surface area contributed by atoms with E-state index < -0.39 is 0 Å². The van der Waals surface area contributed by atoms with Gasteiger partial charge in [-0.15, -0.1) is 0 Å². The number of nitrogens with zero attached hydrogens (tertiary/aromatic N) is 1. The third-order valence-electron chi connectivity index (χ3n) is 2.63. The Bertz CT molecular complexity index is 671. The van der Waals surface area contributed by atoms with Gasteiger partial charge < -0.3 is 22.2 Å². The summed E-state index contributed by atoms with van der Waals surface area (Å²) in [5.41, 5.74) is 19.2. The highest BCUT2D eigenvalue weighted by Crippen LogP contribution is 2.19. The highest BCUT2D eigenvalue weighted by Gasteiger charge is 2.15. The van der Waals surface area contributed by atoms with Gasteiger partial charge in [0.05, 0.1) is 0 Å². The number of hydrogen-bond donors (Lipinski definition) is 4. The van der Waals surface area contributed by atoms with E-state index >= 15 is 0 Å². The average molecular weight is 321 g/mol. The Kier molecular flexibility index (Phi) is 4.07. The highest BCUT2D eigenvalue weighted by molar-refractivity contribution is 7.81. The molecule has 0 fully saturated rings. The quantitative estimate of drug-likeness (QED) is 0.622. The minimum Gasteiger partial charge on any atom is -0.389 e. The molecule has 0 aliphatic rings. The molecule has 0 saturated heterocycles. The number of aromatic amines is 1. The van der Waals surface area contributed by atoms with Crippen molar-refractivity contribution < 1.29 is 0 Å². The second-order valence-electron chi connectivity index (χ2n) is 3.98. The van der Waals surface area contributed by atoms with Crippen LogP contribution in [0, 0.1) is 0 Å². The van der Waals surface area contributed by atoms with Crippen molar-refractivity contribution >= 4 is 51.6 Å². The molecule has 0 radical (unpaired) electrons. The molecule has 0 unspecified atom stereocenters. The molecule has 5 nitrogen and oxygen atoms in total. The normalized spacial score (nSPS) is 10.2. The summed E-state index contributed by atoms with van der Waals surface area (Å²) in [5.74, 6) is 0.574. The van der Waals surface area contributed by atoms with E-state index in [4.69, 9.17) is 53.9 Å². The Balaban J connectivity index is 2.47. The molecule has 7 N–H and O–H groups in total. The Morgan fingerprint density at radius 1 is 0.900 bits per heavy atom. The standard InChI is InChI=1S/C12H11N5S3/c13-9(18)5-1-3-6(4-2-5)12-16-7(10(14)19)8(17-12)11(15)20/h1-4H,(H2,13,18)(H2,14,19)(H2,15,20)(H,16,17). The first-order valence-corrected chi connectivity index (χ1v) is 6.72. The van der Waals surface area contributed by atoms with Gasteiger partial charge in [0.15, 0.2) is 0 Å². The number of aromatic nitrogens is 2. The van der Waals surface area contributed by atoms with Gasteiger partial charge in [0.1, 0.15) is 32.2 Å². The Labute approximate surface area is 131 Å². The summed E-state index contributed by atoms with van der Waals surface area (Å²) in [6.07, 6.45) is 0. The van der Waals surface area contributed by atoms with E-state index in [0.717, 1.165) is 11.1 Å². The molecule has 8 heteroatoms. The molecule has 0 bridgehead atoms. The van der Waals surface area contributed by atoms with Crippen molar-refractivity contribution in [1.82, 2.24) is 9.97 Å². The van der Waals surface area contributed by atoms with Crippen molar-refractivity contribution in [3.05, 3.63) is 41.2 Å². The molecule has 0 spiro atoms. The number of hydrogen-bond acceptors (Lipinski definition) is 4. The van der Waals surface area contributed by atoms with Crippen molar-refractivity contribution in [2.75, 3.05) is 0 Å². The minimum absolute atomic E-state index is 0.134. The Hall–Kier alpha value is -1.90. The predicted molar refractivity (Wildman–Crippen MR) is 91.7 cm³/mol. The van der Waals surface area contributed by atoms with Crippen LogP contribution >= 0.6 is 36.7 Å². The lowest BCUT2D eigenvalue weighted by Gasteiger charge is -2.00. The van der Waals surface area contributed by atoms with E-state index in [2.05, 4.69) is 9.97 Å². The van der Waals surface area contributed by atoms with E-state index in [1.807, 2.05) is 12.1 Å². The molecule has 102 valence electrons. The van der Waals surface area contributed by atoms with Crippen LogP contribution in [-0.2, 0) is 0 Å². The average Bonchev–Trinajstić information content (AvgIpc) is 2.84. The number of benzene rings is 1. The van der Waals surface area contributed by atoms with E-state index in [-0.39, 0.29) is 9.98 Å². The van der Waals surface area contributed by atoms with Gasteiger partial charge in [0.25, 0.3) is 0 Å². The molecule has 0 amide bonds. The van der Waals surface area contributed by atoms with Gasteiger partial charge >= 0.3 is 0 Å². The van der Waals surface area contributed by atoms with Crippen LogP contribution in [0.25, 0.3) is 11.4 Å². The molecule has 20 heavy (non-hydrogen) atoms. The molecule has 1 heterocycles. The summed E-state index contributed by atoms with van der Waals surface area (Å²) in [6, 6.07) is 7.28. The zero-order valence-electron chi connectivity index (χ0n) is 10.2. The molecule has 1 aromatic heterocycles. The summed E-state index contributed by atoms with van der Waals surface area (Å²) < 4.78 is 0. The minimum atomic E-state index is 0.134. The number of rotatable bonds is 4. The van der Waals surface area contributed by atoms with Gasteiger partial charge in [0.2, 0.25) is 0 Å². The number of nitrogens with two attached hydrogens (primary N) is 3. The lowest BCUT2D eigenvalue weighted by molar-refractivity contribution is 1.30. The fourth-order valence-corrected chi connectivity index (χ4v) is 2.09. The largest absolute Gasteiger partial charge is 0.389 e. The van der Waals surface area contributed by atoms with Crippen molar-refractivity contribution in [2.24, 2.45) is 17.2 Å². The summed E-state index contributed by atoms with van der Waals surface area (Å²) in [6.45, 7) is 0. The van der Waals surface area contributed by atoms with E-state index in [1.54, 1.807) is 12.1 Å². The third-order valence-corrected chi connectivity index (χ3v) is 3.26. The summed E-state index contributed by atoms with van der Waals surface area (Å²) in [4.78, 5) is 7.97.